The Bertz CT molecular complexity index is 361. The molecule has 0 bridgehead atoms. The van der Waals surface area contributed by atoms with E-state index in [-0.39, 0.29) is 0 Å². The van der Waals surface area contributed by atoms with Crippen molar-refractivity contribution in [1.82, 2.24) is 5.32 Å². The molecule has 1 atom stereocenters. The quantitative estimate of drug-likeness (QED) is 0.676. The predicted octanol–water partition coefficient (Wildman–Crippen LogP) is 5.62. The van der Waals surface area contributed by atoms with Crippen molar-refractivity contribution in [3.8, 4) is 0 Å². The molecule has 2 rings (SSSR count). The Balaban J connectivity index is 1.88. The molecular weight excluding hydrogens is 338 g/mol. The van der Waals surface area contributed by atoms with Gasteiger partial charge in [0, 0.05) is 26.9 Å². The van der Waals surface area contributed by atoms with Gasteiger partial charge in [-0.15, -0.1) is 0 Å². The number of thiophene rings is 1. The van der Waals surface area contributed by atoms with Crippen LogP contribution >= 0.6 is 39.0 Å². The largest absolute Gasteiger partial charge is 0.309 e. The minimum absolute atomic E-state index is 0.507. The molecule has 1 N–H and O–H groups in total. The predicted molar refractivity (Wildman–Crippen MR) is 92.4 cm³/mol. The maximum atomic E-state index is 3.71. The van der Waals surface area contributed by atoms with E-state index in [2.05, 4.69) is 50.7 Å². The van der Waals surface area contributed by atoms with Crippen LogP contribution < -0.4 is 5.32 Å². The van der Waals surface area contributed by atoms with Gasteiger partial charge in [-0.2, -0.15) is 23.1 Å². The van der Waals surface area contributed by atoms with Gasteiger partial charge < -0.3 is 5.32 Å². The lowest BCUT2D eigenvalue weighted by Gasteiger charge is -2.24. The molecule has 1 aliphatic rings. The Morgan fingerprint density at radius 3 is 2.79 bits per heavy atom. The summed E-state index contributed by atoms with van der Waals surface area (Å²) in [6.07, 6.45) is 8.38. The number of nitrogens with one attached hydrogen (secondary N) is 1. The third-order valence-electron chi connectivity index (χ3n) is 3.71. The van der Waals surface area contributed by atoms with E-state index in [9.17, 15) is 0 Å². The lowest BCUT2D eigenvalue weighted by Crippen LogP contribution is -2.25. The van der Waals surface area contributed by atoms with Crippen molar-refractivity contribution in [3.05, 3.63) is 20.8 Å². The third kappa shape index (κ3) is 5.07. The highest BCUT2D eigenvalue weighted by Gasteiger charge is 2.19. The fourth-order valence-corrected chi connectivity index (χ4v) is 5.64. The van der Waals surface area contributed by atoms with Crippen LogP contribution in [0, 0.1) is 0 Å². The normalized spacial score (nSPS) is 18.6. The first-order valence-corrected chi connectivity index (χ1v) is 10.2. The van der Waals surface area contributed by atoms with Crippen molar-refractivity contribution < 1.29 is 0 Å². The van der Waals surface area contributed by atoms with Crippen molar-refractivity contribution >= 4 is 39.0 Å². The van der Waals surface area contributed by atoms with E-state index in [1.165, 1.54) is 54.3 Å². The van der Waals surface area contributed by atoms with Crippen LogP contribution in [0.25, 0.3) is 0 Å². The lowest BCUT2D eigenvalue weighted by atomic mass is 10.0. The van der Waals surface area contributed by atoms with E-state index >= 15 is 0 Å². The molecule has 1 saturated carbocycles. The molecule has 4 heteroatoms. The smallest absolute Gasteiger partial charge is 0.0431 e. The Morgan fingerprint density at radius 2 is 2.16 bits per heavy atom. The molecule has 1 heterocycles. The average Bonchev–Trinajstić information content (AvgIpc) is 2.86. The number of halogens is 1. The van der Waals surface area contributed by atoms with E-state index in [0.29, 0.717) is 6.04 Å². The van der Waals surface area contributed by atoms with Gasteiger partial charge in [-0.3, -0.25) is 0 Å². The first kappa shape index (κ1) is 15.9. The van der Waals surface area contributed by atoms with Gasteiger partial charge in [0.25, 0.3) is 0 Å². The molecule has 1 unspecified atom stereocenters. The molecule has 0 aromatic carbocycles. The second-order valence-corrected chi connectivity index (χ2v) is 8.21. The van der Waals surface area contributed by atoms with E-state index in [4.69, 9.17) is 0 Å². The monoisotopic (exact) mass is 361 g/mol. The molecule has 0 spiro atoms. The van der Waals surface area contributed by atoms with Crippen LogP contribution in [-0.2, 0) is 0 Å². The van der Waals surface area contributed by atoms with Gasteiger partial charge in [0.1, 0.15) is 0 Å². The van der Waals surface area contributed by atoms with Gasteiger partial charge in [-0.05, 0) is 52.7 Å². The van der Waals surface area contributed by atoms with E-state index in [1.807, 2.05) is 0 Å². The van der Waals surface area contributed by atoms with Crippen molar-refractivity contribution in [2.24, 2.45) is 0 Å². The first-order valence-electron chi connectivity index (χ1n) is 7.37. The molecule has 1 aromatic heterocycles. The highest BCUT2D eigenvalue weighted by atomic mass is 79.9. The molecule has 0 radical (unpaired) electrons. The molecule has 1 aromatic rings. The Morgan fingerprint density at radius 1 is 1.37 bits per heavy atom. The summed E-state index contributed by atoms with van der Waals surface area (Å²) < 4.78 is 1.27. The van der Waals surface area contributed by atoms with Gasteiger partial charge in [0.15, 0.2) is 0 Å². The third-order valence-corrected chi connectivity index (χ3v) is 6.93. The van der Waals surface area contributed by atoms with Crippen molar-refractivity contribution in [2.75, 3.05) is 12.3 Å². The Labute approximate surface area is 134 Å². The highest BCUT2D eigenvalue weighted by Crippen LogP contribution is 2.34. The molecule has 0 aliphatic heterocycles. The van der Waals surface area contributed by atoms with Gasteiger partial charge in [-0.1, -0.05) is 26.2 Å². The standard InChI is InChI=1S/C15H24BrNS2/c1-2-8-17-15(13-9-18-10-14(13)16)11-19-12-6-4-3-5-7-12/h9-10,12,15,17H,2-8,11H2,1H3. The molecule has 0 saturated heterocycles. The number of hydrogen-bond acceptors (Lipinski definition) is 3. The molecule has 0 amide bonds. The molecular formula is C15H24BrNS2. The summed E-state index contributed by atoms with van der Waals surface area (Å²) in [5, 5.41) is 9.09. The first-order chi connectivity index (χ1) is 9.31. The summed E-state index contributed by atoms with van der Waals surface area (Å²) >= 11 is 7.66. The zero-order chi connectivity index (χ0) is 13.5. The van der Waals surface area contributed by atoms with Crippen LogP contribution in [0.5, 0.6) is 0 Å². The maximum Gasteiger partial charge on any atom is 0.0431 e. The zero-order valence-corrected chi connectivity index (χ0v) is 14.9. The van der Waals surface area contributed by atoms with Crippen LogP contribution in [0.1, 0.15) is 57.1 Å². The van der Waals surface area contributed by atoms with E-state index < -0.39 is 0 Å². The van der Waals surface area contributed by atoms with Crippen LogP contribution in [0.2, 0.25) is 0 Å². The molecule has 19 heavy (non-hydrogen) atoms. The summed E-state index contributed by atoms with van der Waals surface area (Å²) in [5.74, 6) is 1.21. The van der Waals surface area contributed by atoms with Gasteiger partial charge in [0.05, 0.1) is 0 Å². The molecule has 1 aliphatic carbocycles. The minimum atomic E-state index is 0.507. The van der Waals surface area contributed by atoms with Crippen molar-refractivity contribution in [1.29, 1.82) is 0 Å². The average molecular weight is 362 g/mol. The maximum absolute atomic E-state index is 3.71. The second kappa shape index (κ2) is 8.71. The summed E-state index contributed by atoms with van der Waals surface area (Å²) in [4.78, 5) is 0. The van der Waals surface area contributed by atoms with E-state index in [1.54, 1.807) is 11.3 Å². The number of thioether (sulfide) groups is 1. The fraction of sp³-hybridized carbons (Fsp3) is 0.733. The molecule has 1 fully saturated rings. The van der Waals surface area contributed by atoms with Gasteiger partial charge in [-0.25, -0.2) is 0 Å². The number of rotatable bonds is 7. The van der Waals surface area contributed by atoms with Gasteiger partial charge >= 0.3 is 0 Å². The Kier molecular flexibility index (Phi) is 7.27. The molecule has 1 nitrogen and oxygen atoms in total. The van der Waals surface area contributed by atoms with Crippen molar-refractivity contribution in [3.63, 3.8) is 0 Å². The summed E-state index contributed by atoms with van der Waals surface area (Å²) in [5.41, 5.74) is 1.45. The van der Waals surface area contributed by atoms with Crippen LogP contribution in [0.4, 0.5) is 0 Å². The van der Waals surface area contributed by atoms with Crippen molar-refractivity contribution in [2.45, 2.75) is 56.7 Å². The summed E-state index contributed by atoms with van der Waals surface area (Å²) in [7, 11) is 0. The lowest BCUT2D eigenvalue weighted by molar-refractivity contribution is 0.513. The van der Waals surface area contributed by atoms with E-state index in [0.717, 1.165) is 11.8 Å². The topological polar surface area (TPSA) is 12.0 Å². The van der Waals surface area contributed by atoms with Gasteiger partial charge in [0.2, 0.25) is 0 Å². The van der Waals surface area contributed by atoms with Crippen LogP contribution in [0.15, 0.2) is 15.2 Å². The molecule has 108 valence electrons. The Hall–Kier alpha value is 0.490. The van der Waals surface area contributed by atoms with Crippen LogP contribution in [-0.4, -0.2) is 17.5 Å². The minimum Gasteiger partial charge on any atom is -0.309 e. The zero-order valence-electron chi connectivity index (χ0n) is 11.7. The second-order valence-electron chi connectivity index (χ2n) is 5.28. The summed E-state index contributed by atoms with van der Waals surface area (Å²) in [6.45, 7) is 3.35. The number of hydrogen-bond donors (Lipinski definition) is 1. The fourth-order valence-electron chi connectivity index (χ4n) is 2.58. The SMILES string of the molecule is CCCNC(CSC1CCCCC1)c1cscc1Br. The highest BCUT2D eigenvalue weighted by molar-refractivity contribution is 9.10. The summed E-state index contributed by atoms with van der Waals surface area (Å²) in [6, 6.07) is 0.507. The van der Waals surface area contributed by atoms with Crippen LogP contribution in [0.3, 0.4) is 0 Å².